The molecule has 7 heteroatoms. The second-order valence-corrected chi connectivity index (χ2v) is 16.3. The molecule has 7 nitrogen and oxygen atoms in total. The van der Waals surface area contributed by atoms with Crippen LogP contribution in [0.4, 0.5) is 0 Å². The zero-order chi connectivity index (χ0) is 41.9. The first-order valence-electron chi connectivity index (χ1n) is 24.7. The minimum Gasteiger partial charge on any atom is -0.481 e. The van der Waals surface area contributed by atoms with Crippen molar-refractivity contribution in [1.82, 2.24) is 4.90 Å². The number of unbranched alkanes of at least 4 members (excludes halogenated alkanes) is 22. The van der Waals surface area contributed by atoms with Gasteiger partial charge in [0.2, 0.25) is 0 Å². The maximum atomic E-state index is 10.2. The van der Waals surface area contributed by atoms with Gasteiger partial charge in [0, 0.05) is 6.42 Å². The molecule has 0 amide bonds. The Morgan fingerprint density at radius 2 is 0.741 bits per heavy atom. The van der Waals surface area contributed by atoms with Crippen molar-refractivity contribution >= 4 is 5.97 Å². The molecule has 0 saturated carbocycles. The van der Waals surface area contributed by atoms with Crippen molar-refractivity contribution in [2.45, 2.75) is 226 Å². The molecule has 0 aromatic rings. The first-order chi connectivity index (χ1) is 28.7. The summed E-state index contributed by atoms with van der Waals surface area (Å²) in [6, 6.07) is 0. The minimum atomic E-state index is -0.677. The van der Waals surface area contributed by atoms with Gasteiger partial charge in [0.25, 0.3) is 0 Å². The molecule has 1 N–H and O–H groups in total. The maximum Gasteiger partial charge on any atom is 0.303 e. The van der Waals surface area contributed by atoms with Crippen molar-refractivity contribution in [2.24, 2.45) is 0 Å². The summed E-state index contributed by atoms with van der Waals surface area (Å²) in [4.78, 5) is 33.9. The lowest BCUT2D eigenvalue weighted by Gasteiger charge is -2.12. The molecule has 0 aliphatic carbocycles. The SMILES string of the molecule is CCCCC/C=C\C/C=C\CCCCCCCCOOCCCCCCCOOCCCCCCCC/C=C\C/C=C\CCCCC.O=C(O)CCCN1CCCC1. The van der Waals surface area contributed by atoms with E-state index in [4.69, 9.17) is 24.7 Å². The van der Waals surface area contributed by atoms with Crippen LogP contribution in [0.1, 0.15) is 226 Å². The molecule has 0 aromatic heterocycles. The van der Waals surface area contributed by atoms with Crippen LogP contribution in [-0.2, 0) is 24.3 Å². The Bertz CT molecular complexity index is 857. The number of carbonyl (C=O) groups is 1. The standard InChI is InChI=1S/C43H80O4.C8H15NO2/c1-3-5-7-9-11-13-15-17-19-21-23-25-27-29-32-36-40-44-46-42-38-34-31-35-39-43-47-45-41-37-33-30-28-26-24-22-20-18-16-14-12-10-8-6-4-2;10-8(11)4-3-7-9-5-1-2-6-9/h11-14,17-20H,3-10,15-16,21-43H2,1-2H3;1-7H2,(H,10,11)/b13-11-,14-12-,19-17-,20-18-;. The third-order valence-corrected chi connectivity index (χ3v) is 10.5. The topological polar surface area (TPSA) is 77.5 Å². The number of rotatable bonds is 44. The highest BCUT2D eigenvalue weighted by molar-refractivity contribution is 5.66. The second-order valence-electron chi connectivity index (χ2n) is 16.3. The molecular formula is C51H95NO6. The number of aliphatic carboxylic acids is 1. The molecule has 0 aromatic carbocycles. The van der Waals surface area contributed by atoms with E-state index in [1.165, 1.54) is 174 Å². The predicted octanol–water partition coefficient (Wildman–Crippen LogP) is 15.4. The van der Waals surface area contributed by atoms with Gasteiger partial charge in [0.15, 0.2) is 0 Å². The lowest BCUT2D eigenvalue weighted by Crippen LogP contribution is -2.20. The lowest BCUT2D eigenvalue weighted by atomic mass is 10.1. The van der Waals surface area contributed by atoms with Crippen LogP contribution in [0.3, 0.4) is 0 Å². The Morgan fingerprint density at radius 3 is 1.07 bits per heavy atom. The molecule has 0 spiro atoms. The molecule has 1 fully saturated rings. The van der Waals surface area contributed by atoms with Crippen molar-refractivity contribution in [3.8, 4) is 0 Å². The van der Waals surface area contributed by atoms with Crippen molar-refractivity contribution in [2.75, 3.05) is 46.1 Å². The van der Waals surface area contributed by atoms with E-state index in [1.807, 2.05) is 0 Å². The number of hydrogen-bond acceptors (Lipinski definition) is 6. The van der Waals surface area contributed by atoms with Gasteiger partial charge >= 0.3 is 5.97 Å². The van der Waals surface area contributed by atoms with Crippen molar-refractivity contribution in [3.63, 3.8) is 0 Å². The first-order valence-corrected chi connectivity index (χ1v) is 24.7. The van der Waals surface area contributed by atoms with Crippen LogP contribution >= 0.6 is 0 Å². The third kappa shape index (κ3) is 50.4. The molecule has 0 atom stereocenters. The molecule has 0 bridgehead atoms. The van der Waals surface area contributed by atoms with E-state index in [1.54, 1.807) is 0 Å². The largest absolute Gasteiger partial charge is 0.481 e. The van der Waals surface area contributed by atoms with E-state index < -0.39 is 5.97 Å². The number of carboxylic acid groups (broad SMARTS) is 1. The molecule has 1 aliphatic rings. The smallest absolute Gasteiger partial charge is 0.303 e. The summed E-state index contributed by atoms with van der Waals surface area (Å²) in [7, 11) is 0. The number of carboxylic acids is 1. The summed E-state index contributed by atoms with van der Waals surface area (Å²) in [5.74, 6) is -0.677. The Kier molecular flexibility index (Phi) is 49.8. The minimum absolute atomic E-state index is 0.316. The summed E-state index contributed by atoms with van der Waals surface area (Å²) in [5.41, 5.74) is 0. The van der Waals surface area contributed by atoms with Gasteiger partial charge in [-0.3, -0.25) is 4.79 Å². The number of hydrogen-bond donors (Lipinski definition) is 1. The Labute approximate surface area is 359 Å². The molecular weight excluding hydrogens is 723 g/mol. The highest BCUT2D eigenvalue weighted by atomic mass is 17.2. The normalized spacial score (nSPS) is 13.6. The van der Waals surface area contributed by atoms with Gasteiger partial charge in [-0.2, -0.15) is 0 Å². The summed E-state index contributed by atoms with van der Waals surface area (Å²) in [6.07, 6.45) is 58.4. The highest BCUT2D eigenvalue weighted by Gasteiger charge is 2.10. The van der Waals surface area contributed by atoms with E-state index in [0.717, 1.165) is 64.7 Å². The van der Waals surface area contributed by atoms with Crippen LogP contribution in [0, 0.1) is 0 Å². The van der Waals surface area contributed by atoms with E-state index in [9.17, 15) is 4.79 Å². The van der Waals surface area contributed by atoms with E-state index in [-0.39, 0.29) is 0 Å². The van der Waals surface area contributed by atoms with Gasteiger partial charge in [0.05, 0.1) is 26.4 Å². The molecule has 0 unspecified atom stereocenters. The van der Waals surface area contributed by atoms with Crippen molar-refractivity contribution in [1.29, 1.82) is 0 Å². The molecule has 1 aliphatic heterocycles. The molecule has 0 radical (unpaired) electrons. The van der Waals surface area contributed by atoms with Crippen LogP contribution < -0.4 is 0 Å². The summed E-state index contributed by atoms with van der Waals surface area (Å²) < 4.78 is 0. The van der Waals surface area contributed by atoms with Crippen molar-refractivity contribution in [3.05, 3.63) is 48.6 Å². The van der Waals surface area contributed by atoms with Crippen LogP contribution in [0.15, 0.2) is 48.6 Å². The van der Waals surface area contributed by atoms with Gasteiger partial charge in [0.1, 0.15) is 0 Å². The zero-order valence-electron chi connectivity index (χ0n) is 38.3. The van der Waals surface area contributed by atoms with Gasteiger partial charge in [-0.1, -0.05) is 159 Å². The number of nitrogens with zero attached hydrogens (tertiary/aromatic N) is 1. The Hall–Kier alpha value is -1.77. The molecule has 1 rings (SSSR count). The predicted molar refractivity (Wildman–Crippen MR) is 248 cm³/mol. The quantitative estimate of drug-likeness (QED) is 0.0284. The lowest BCUT2D eigenvalue weighted by molar-refractivity contribution is -0.296. The van der Waals surface area contributed by atoms with Gasteiger partial charge in [-0.05, 0) is 129 Å². The van der Waals surface area contributed by atoms with Crippen LogP contribution in [0.25, 0.3) is 0 Å². The van der Waals surface area contributed by atoms with E-state index in [0.29, 0.717) is 19.6 Å². The fourth-order valence-corrected chi connectivity index (χ4v) is 6.85. The third-order valence-electron chi connectivity index (χ3n) is 10.5. The Balaban J connectivity index is 0.00000252. The fraction of sp³-hybridized carbons (Fsp3) is 0.824. The Morgan fingerprint density at radius 1 is 0.431 bits per heavy atom. The summed E-state index contributed by atoms with van der Waals surface area (Å²) in [6.45, 7) is 10.7. The second kappa shape index (κ2) is 51.4. The average Bonchev–Trinajstić information content (AvgIpc) is 3.75. The van der Waals surface area contributed by atoms with Gasteiger partial charge in [-0.15, -0.1) is 0 Å². The molecule has 1 heterocycles. The monoisotopic (exact) mass is 818 g/mol. The van der Waals surface area contributed by atoms with Crippen molar-refractivity contribution < 1.29 is 29.5 Å². The van der Waals surface area contributed by atoms with Crippen LogP contribution in [-0.4, -0.2) is 62.0 Å². The molecule has 58 heavy (non-hydrogen) atoms. The van der Waals surface area contributed by atoms with Crippen LogP contribution in [0.2, 0.25) is 0 Å². The van der Waals surface area contributed by atoms with Gasteiger partial charge in [-0.25, -0.2) is 19.6 Å². The summed E-state index contributed by atoms with van der Waals surface area (Å²) >= 11 is 0. The number of allylic oxidation sites excluding steroid dienone is 8. The maximum absolute atomic E-state index is 10.2. The first kappa shape index (κ1) is 56.2. The molecule has 340 valence electrons. The highest BCUT2D eigenvalue weighted by Crippen LogP contribution is 2.11. The van der Waals surface area contributed by atoms with Crippen LogP contribution in [0.5, 0.6) is 0 Å². The number of likely N-dealkylation sites (tertiary alicyclic amines) is 1. The average molecular weight is 818 g/mol. The van der Waals surface area contributed by atoms with E-state index in [2.05, 4.69) is 67.4 Å². The van der Waals surface area contributed by atoms with Gasteiger partial charge < -0.3 is 10.0 Å². The fourth-order valence-electron chi connectivity index (χ4n) is 6.85. The zero-order valence-corrected chi connectivity index (χ0v) is 38.3. The molecule has 1 saturated heterocycles. The summed E-state index contributed by atoms with van der Waals surface area (Å²) in [5, 5.41) is 8.37. The van der Waals surface area contributed by atoms with E-state index >= 15 is 0 Å².